The molecule has 2 atom stereocenters. The van der Waals surface area contributed by atoms with Crippen molar-refractivity contribution in [2.45, 2.75) is 64.8 Å². The fraction of sp³-hybridized carbons (Fsp3) is 0.647. The number of hydrogen-bond donors (Lipinski definition) is 1. The molecule has 1 N–H and O–H groups in total. The summed E-state index contributed by atoms with van der Waals surface area (Å²) in [5, 5.41) is 0. The van der Waals surface area contributed by atoms with Crippen LogP contribution in [0.1, 0.15) is 58.9 Å². The van der Waals surface area contributed by atoms with E-state index in [4.69, 9.17) is 0 Å². The fourth-order valence-electron chi connectivity index (χ4n) is 3.32. The van der Waals surface area contributed by atoms with E-state index in [0.717, 1.165) is 0 Å². The molecule has 0 saturated heterocycles. The molecule has 0 spiro atoms. The number of rotatable bonds is 5. The van der Waals surface area contributed by atoms with Gasteiger partial charge in [0.1, 0.15) is 5.69 Å². The second-order valence-electron chi connectivity index (χ2n) is 6.32. The van der Waals surface area contributed by atoms with Crippen molar-refractivity contribution in [3.8, 4) is 0 Å². The molecule has 1 aliphatic heterocycles. The number of halogens is 1. The lowest BCUT2D eigenvalue weighted by molar-refractivity contribution is -0.856. The molecular weight excluding hydrogens is 345 g/mol. The Labute approximate surface area is 135 Å². The van der Waals surface area contributed by atoms with E-state index in [2.05, 4.69) is 52.0 Å². The highest BCUT2D eigenvalue weighted by Gasteiger charge is 2.45. The molecule has 0 aromatic heterocycles. The van der Waals surface area contributed by atoms with E-state index in [0.29, 0.717) is 11.5 Å². The molecule has 0 radical (unpaired) electrons. The predicted octanol–water partition coefficient (Wildman–Crippen LogP) is 0.467. The van der Waals surface area contributed by atoms with Gasteiger partial charge in [-0.05, 0) is 39.7 Å². The van der Waals surface area contributed by atoms with Crippen LogP contribution in [0.2, 0.25) is 0 Å². The van der Waals surface area contributed by atoms with Crippen LogP contribution in [0.25, 0.3) is 0 Å². The van der Waals surface area contributed by atoms with Gasteiger partial charge in [0.25, 0.3) is 0 Å². The molecule has 1 nitrogen and oxygen atoms in total. The first-order valence-electron chi connectivity index (χ1n) is 7.54. The summed E-state index contributed by atoms with van der Waals surface area (Å²) in [5.74, 6) is 0. The minimum atomic E-state index is 0. The van der Waals surface area contributed by atoms with E-state index in [9.17, 15) is 0 Å². The number of unbranched alkanes of at least 4 members (excludes halogenated alkanes) is 3. The average Bonchev–Trinajstić information content (AvgIpc) is 2.56. The summed E-state index contributed by atoms with van der Waals surface area (Å²) in [5.41, 5.74) is 3.42. The summed E-state index contributed by atoms with van der Waals surface area (Å²) in [6.45, 7) is 10.8. The third-order valence-corrected chi connectivity index (χ3v) is 4.87. The predicted molar refractivity (Wildman–Crippen MR) is 78.6 cm³/mol. The lowest BCUT2D eigenvalue weighted by Gasteiger charge is -2.26. The first kappa shape index (κ1) is 17.0. The number of quaternary nitrogens is 1. The molecule has 0 amide bonds. The minimum Gasteiger partial charge on any atom is -1.00 e. The molecule has 2 rings (SSSR count). The van der Waals surface area contributed by atoms with Gasteiger partial charge in [-0.2, -0.15) is 0 Å². The summed E-state index contributed by atoms with van der Waals surface area (Å²) < 4.78 is 0. The van der Waals surface area contributed by atoms with Crippen molar-refractivity contribution in [2.24, 2.45) is 0 Å². The Kier molecular flexibility index (Phi) is 6.31. The number of nitrogens with one attached hydrogen (secondary N) is 1. The molecule has 0 fully saturated rings. The van der Waals surface area contributed by atoms with Crippen LogP contribution in [0.4, 0.5) is 5.69 Å². The molecule has 2 unspecified atom stereocenters. The van der Waals surface area contributed by atoms with Crippen LogP contribution in [0.15, 0.2) is 24.3 Å². The molecule has 1 heterocycles. The van der Waals surface area contributed by atoms with Crippen LogP contribution < -0.4 is 28.9 Å². The third-order valence-electron chi connectivity index (χ3n) is 4.87. The first-order chi connectivity index (χ1) is 8.59. The number of hydrogen-bond acceptors (Lipinski definition) is 0. The van der Waals surface area contributed by atoms with Crippen LogP contribution in [0.5, 0.6) is 0 Å². The lowest BCUT2D eigenvalue weighted by atomic mass is 9.81. The van der Waals surface area contributed by atoms with E-state index < -0.39 is 0 Å². The monoisotopic (exact) mass is 373 g/mol. The molecule has 1 aliphatic rings. The van der Waals surface area contributed by atoms with Crippen molar-refractivity contribution in [1.82, 2.24) is 0 Å². The van der Waals surface area contributed by atoms with Crippen molar-refractivity contribution >= 4 is 5.69 Å². The van der Waals surface area contributed by atoms with Crippen molar-refractivity contribution in [3.05, 3.63) is 29.8 Å². The summed E-state index contributed by atoms with van der Waals surface area (Å²) >= 11 is 0. The van der Waals surface area contributed by atoms with Crippen LogP contribution >= 0.6 is 0 Å². The van der Waals surface area contributed by atoms with Crippen molar-refractivity contribution in [2.75, 3.05) is 6.54 Å². The number of benzene rings is 1. The molecule has 108 valence electrons. The van der Waals surface area contributed by atoms with E-state index in [1.54, 1.807) is 16.2 Å². The van der Waals surface area contributed by atoms with Crippen molar-refractivity contribution < 1.29 is 28.9 Å². The van der Waals surface area contributed by atoms with Gasteiger partial charge in [0.05, 0.1) is 12.6 Å². The topological polar surface area (TPSA) is 4.44 Å². The Morgan fingerprint density at radius 3 is 2.47 bits per heavy atom. The smallest absolute Gasteiger partial charge is 0.135 e. The van der Waals surface area contributed by atoms with Crippen LogP contribution in [0, 0.1) is 0 Å². The number of fused-ring (bicyclic) bond motifs is 1. The van der Waals surface area contributed by atoms with Gasteiger partial charge in [0, 0.05) is 11.0 Å². The maximum Gasteiger partial charge on any atom is 0.135 e. The van der Waals surface area contributed by atoms with Crippen LogP contribution in [-0.4, -0.2) is 12.6 Å². The quantitative estimate of drug-likeness (QED) is 0.566. The molecule has 0 bridgehead atoms. The Morgan fingerprint density at radius 1 is 1.11 bits per heavy atom. The van der Waals surface area contributed by atoms with Crippen LogP contribution in [0.3, 0.4) is 0 Å². The highest BCUT2D eigenvalue weighted by molar-refractivity contribution is 5.48. The molecule has 1 aromatic carbocycles. The molecule has 0 aliphatic carbocycles. The first-order valence-corrected chi connectivity index (χ1v) is 7.54. The molecule has 0 saturated carbocycles. The van der Waals surface area contributed by atoms with E-state index in [1.165, 1.54) is 32.2 Å². The Hall–Kier alpha value is -0.0900. The Balaban J connectivity index is 0.00000180. The zero-order valence-electron chi connectivity index (χ0n) is 12.8. The van der Waals surface area contributed by atoms with Gasteiger partial charge in [-0.3, -0.25) is 4.90 Å². The maximum atomic E-state index is 2.41. The van der Waals surface area contributed by atoms with Gasteiger partial charge in [0.15, 0.2) is 0 Å². The summed E-state index contributed by atoms with van der Waals surface area (Å²) in [6, 6.07) is 9.73. The van der Waals surface area contributed by atoms with Crippen molar-refractivity contribution in [3.63, 3.8) is 0 Å². The van der Waals surface area contributed by atoms with E-state index in [1.807, 2.05) is 0 Å². The Bertz CT molecular complexity index is 400. The van der Waals surface area contributed by atoms with Gasteiger partial charge < -0.3 is 24.0 Å². The number of para-hydroxylation sites is 1. The Morgan fingerprint density at radius 2 is 1.79 bits per heavy atom. The normalized spacial score (nSPS) is 23.8. The fourth-order valence-corrected chi connectivity index (χ4v) is 3.32. The van der Waals surface area contributed by atoms with Gasteiger partial charge in [0.2, 0.25) is 0 Å². The highest BCUT2D eigenvalue weighted by atomic mass is 127. The zero-order chi connectivity index (χ0) is 13.2. The van der Waals surface area contributed by atoms with Gasteiger partial charge in [-0.25, -0.2) is 0 Å². The SMILES string of the molecule is CCCCCC[NH+]1c2ccccc2C(C)(C)C1C.[I-]. The maximum absolute atomic E-state index is 2.41. The van der Waals surface area contributed by atoms with Gasteiger partial charge >= 0.3 is 0 Å². The third kappa shape index (κ3) is 3.33. The standard InChI is InChI=1S/C17H27N.HI/c1-5-6-7-10-13-18-14(2)17(3,4)15-11-8-9-12-16(15)18;/h8-9,11-12,14H,5-7,10,13H2,1-4H3;1H. The lowest BCUT2D eigenvalue weighted by Crippen LogP contribution is -3.10. The second-order valence-corrected chi connectivity index (χ2v) is 6.32. The largest absolute Gasteiger partial charge is 1.00 e. The van der Waals surface area contributed by atoms with E-state index in [-0.39, 0.29) is 24.0 Å². The molecule has 19 heavy (non-hydrogen) atoms. The summed E-state index contributed by atoms with van der Waals surface area (Å²) in [7, 11) is 0. The molecule has 1 aromatic rings. The summed E-state index contributed by atoms with van der Waals surface area (Å²) in [4.78, 5) is 1.70. The molecule has 2 heteroatoms. The van der Waals surface area contributed by atoms with Gasteiger partial charge in [-0.1, -0.05) is 38.0 Å². The minimum absolute atomic E-state index is 0. The van der Waals surface area contributed by atoms with Gasteiger partial charge in [-0.15, -0.1) is 0 Å². The van der Waals surface area contributed by atoms with E-state index >= 15 is 0 Å². The zero-order valence-corrected chi connectivity index (χ0v) is 15.0. The van der Waals surface area contributed by atoms with Crippen molar-refractivity contribution in [1.29, 1.82) is 0 Å². The highest BCUT2D eigenvalue weighted by Crippen LogP contribution is 2.35. The van der Waals surface area contributed by atoms with Crippen LogP contribution in [-0.2, 0) is 5.41 Å². The summed E-state index contributed by atoms with van der Waals surface area (Å²) in [6.07, 6.45) is 5.45. The average molecular weight is 373 g/mol. The molecular formula is C17H28IN. The second kappa shape index (κ2) is 7.07.